The average Bonchev–Trinajstić information content (AvgIpc) is 2.42. The Bertz CT molecular complexity index is 639. The number of benzene rings is 2. The van der Waals surface area contributed by atoms with Gasteiger partial charge in [-0.25, -0.2) is 13.6 Å². The lowest BCUT2D eigenvalue weighted by atomic mass is 10.0. The normalized spacial score (nSPS) is 10.3. The number of hydrogen-bond donors (Lipinski definition) is 1. The molecule has 0 radical (unpaired) electrons. The molecule has 0 aliphatic carbocycles. The van der Waals surface area contributed by atoms with Crippen molar-refractivity contribution in [2.24, 2.45) is 0 Å². The van der Waals surface area contributed by atoms with Gasteiger partial charge in [-0.05, 0) is 12.1 Å². The number of halogens is 2. The Kier molecular flexibility index (Phi) is 3.46. The molecule has 2 aromatic rings. The van der Waals surface area contributed by atoms with Crippen molar-refractivity contribution in [3.8, 4) is 16.9 Å². The minimum Gasteiger partial charge on any atom is -0.507 e. The zero-order chi connectivity index (χ0) is 14.0. The number of phenolic OH excluding ortho intramolecular Hbond substituents is 1. The number of carbonyl (C=O) groups is 1. The molecule has 3 nitrogen and oxygen atoms in total. The smallest absolute Gasteiger partial charge is 0.340 e. The van der Waals surface area contributed by atoms with Gasteiger partial charge in [0.1, 0.15) is 5.75 Å². The summed E-state index contributed by atoms with van der Waals surface area (Å²) in [7, 11) is 1.08. The fourth-order valence-electron chi connectivity index (χ4n) is 1.73. The number of phenols is 1. The Morgan fingerprint density at radius 2 is 1.74 bits per heavy atom. The molecule has 0 bridgehead atoms. The summed E-state index contributed by atoms with van der Waals surface area (Å²) in [6.07, 6.45) is 0. The summed E-state index contributed by atoms with van der Waals surface area (Å²) in [6.45, 7) is 0. The van der Waals surface area contributed by atoms with Crippen LogP contribution in [0.2, 0.25) is 0 Å². The second-order valence-electron chi connectivity index (χ2n) is 3.80. The number of para-hydroxylation sites is 1. The summed E-state index contributed by atoms with van der Waals surface area (Å²) in [5, 5.41) is 9.62. The Labute approximate surface area is 108 Å². The van der Waals surface area contributed by atoms with Gasteiger partial charge in [-0.3, -0.25) is 0 Å². The van der Waals surface area contributed by atoms with Gasteiger partial charge in [-0.1, -0.05) is 24.3 Å². The predicted molar refractivity (Wildman–Crippen MR) is 64.8 cm³/mol. The van der Waals surface area contributed by atoms with Gasteiger partial charge in [0.05, 0.1) is 12.7 Å². The highest BCUT2D eigenvalue weighted by atomic mass is 19.2. The van der Waals surface area contributed by atoms with Crippen molar-refractivity contribution < 1.29 is 23.4 Å². The van der Waals surface area contributed by atoms with Crippen LogP contribution in [0, 0.1) is 11.6 Å². The van der Waals surface area contributed by atoms with E-state index in [1.54, 1.807) is 12.1 Å². The zero-order valence-corrected chi connectivity index (χ0v) is 9.98. The zero-order valence-electron chi connectivity index (χ0n) is 9.98. The maximum Gasteiger partial charge on any atom is 0.340 e. The van der Waals surface area contributed by atoms with E-state index in [1.165, 1.54) is 18.2 Å². The van der Waals surface area contributed by atoms with Crippen LogP contribution in [0.4, 0.5) is 8.78 Å². The van der Waals surface area contributed by atoms with Crippen molar-refractivity contribution in [2.45, 2.75) is 0 Å². The highest BCUT2D eigenvalue weighted by molar-refractivity contribution is 5.90. The number of ether oxygens (including phenoxy) is 1. The molecule has 0 atom stereocenters. The van der Waals surface area contributed by atoms with Gasteiger partial charge in [0.2, 0.25) is 0 Å². The number of methoxy groups -OCH3 is 1. The van der Waals surface area contributed by atoms with Gasteiger partial charge in [-0.2, -0.15) is 0 Å². The van der Waals surface area contributed by atoms with E-state index in [0.29, 0.717) is 0 Å². The molecule has 98 valence electrons. The van der Waals surface area contributed by atoms with Crippen LogP contribution in [0.5, 0.6) is 5.75 Å². The molecule has 0 saturated carbocycles. The summed E-state index contributed by atoms with van der Waals surface area (Å²) in [4.78, 5) is 11.2. The second-order valence-corrected chi connectivity index (χ2v) is 3.80. The van der Waals surface area contributed by atoms with Crippen LogP contribution >= 0.6 is 0 Å². The Morgan fingerprint density at radius 1 is 1.05 bits per heavy atom. The molecule has 0 saturated heterocycles. The molecule has 0 unspecified atom stereocenters. The Balaban J connectivity index is 2.60. The van der Waals surface area contributed by atoms with Crippen molar-refractivity contribution in [3.63, 3.8) is 0 Å². The first-order valence-corrected chi connectivity index (χ1v) is 5.41. The molecule has 5 heteroatoms. The van der Waals surface area contributed by atoms with Crippen molar-refractivity contribution in [2.75, 3.05) is 7.11 Å². The molecule has 0 heterocycles. The first-order valence-electron chi connectivity index (χ1n) is 5.41. The van der Waals surface area contributed by atoms with Crippen LogP contribution in [0.3, 0.4) is 0 Å². The third-order valence-corrected chi connectivity index (χ3v) is 2.68. The van der Waals surface area contributed by atoms with Crippen LogP contribution in [0.25, 0.3) is 11.1 Å². The minimum atomic E-state index is -1.30. The quantitative estimate of drug-likeness (QED) is 0.848. The van der Waals surface area contributed by atoms with Crippen LogP contribution in [-0.4, -0.2) is 18.2 Å². The van der Waals surface area contributed by atoms with Gasteiger partial charge in [0, 0.05) is 11.1 Å². The second kappa shape index (κ2) is 5.06. The third kappa shape index (κ3) is 2.27. The number of esters is 1. The van der Waals surface area contributed by atoms with Crippen LogP contribution in [-0.2, 0) is 4.74 Å². The molecule has 19 heavy (non-hydrogen) atoms. The van der Waals surface area contributed by atoms with E-state index >= 15 is 0 Å². The van der Waals surface area contributed by atoms with Gasteiger partial charge in [-0.15, -0.1) is 0 Å². The van der Waals surface area contributed by atoms with Crippen LogP contribution in [0.15, 0.2) is 36.4 Å². The number of aromatic hydroxyl groups is 1. The molecule has 0 amide bonds. The summed E-state index contributed by atoms with van der Waals surface area (Å²) in [5.41, 5.74) is -0.460. The lowest BCUT2D eigenvalue weighted by Gasteiger charge is -2.08. The van der Waals surface area contributed by atoms with E-state index in [2.05, 4.69) is 4.74 Å². The predicted octanol–water partition coefficient (Wildman–Crippen LogP) is 3.12. The third-order valence-electron chi connectivity index (χ3n) is 2.68. The summed E-state index contributed by atoms with van der Waals surface area (Å²) in [5.74, 6) is -3.64. The van der Waals surface area contributed by atoms with E-state index in [4.69, 9.17) is 0 Å². The molecule has 0 aliphatic rings. The van der Waals surface area contributed by atoms with Gasteiger partial charge in [0.15, 0.2) is 11.6 Å². The molecular weight excluding hydrogens is 254 g/mol. The number of rotatable bonds is 2. The van der Waals surface area contributed by atoms with Crippen LogP contribution in [0.1, 0.15) is 10.4 Å². The maximum absolute atomic E-state index is 13.9. The first-order chi connectivity index (χ1) is 9.06. The van der Waals surface area contributed by atoms with E-state index in [0.717, 1.165) is 13.2 Å². The molecular formula is C14H10F2O3. The lowest BCUT2D eigenvalue weighted by molar-refractivity contribution is 0.0594. The largest absolute Gasteiger partial charge is 0.507 e. The highest BCUT2D eigenvalue weighted by Crippen LogP contribution is 2.32. The SMILES string of the molecule is COC(=O)c1ccc(-c2ccccc2O)c(F)c1F. The van der Waals surface area contributed by atoms with Crippen molar-refractivity contribution in [3.05, 3.63) is 53.6 Å². The number of hydrogen-bond acceptors (Lipinski definition) is 3. The van der Waals surface area contributed by atoms with Crippen molar-refractivity contribution in [1.82, 2.24) is 0 Å². The van der Waals surface area contributed by atoms with Gasteiger partial charge in [0.25, 0.3) is 0 Å². The monoisotopic (exact) mass is 264 g/mol. The van der Waals surface area contributed by atoms with Gasteiger partial charge >= 0.3 is 5.97 Å². The fourth-order valence-corrected chi connectivity index (χ4v) is 1.73. The number of carbonyl (C=O) groups excluding carboxylic acids is 1. The first kappa shape index (κ1) is 13.0. The summed E-state index contributed by atoms with van der Waals surface area (Å²) in [6, 6.07) is 8.30. The van der Waals surface area contributed by atoms with E-state index in [-0.39, 0.29) is 16.9 Å². The summed E-state index contributed by atoms with van der Waals surface area (Å²) >= 11 is 0. The highest BCUT2D eigenvalue weighted by Gasteiger charge is 2.20. The molecule has 0 spiro atoms. The summed E-state index contributed by atoms with van der Waals surface area (Å²) < 4.78 is 32.0. The molecule has 0 fully saturated rings. The van der Waals surface area contributed by atoms with Crippen molar-refractivity contribution >= 4 is 5.97 Å². The van der Waals surface area contributed by atoms with Gasteiger partial charge < -0.3 is 9.84 Å². The Morgan fingerprint density at radius 3 is 2.37 bits per heavy atom. The fraction of sp³-hybridized carbons (Fsp3) is 0.0714. The maximum atomic E-state index is 13.9. The Hall–Kier alpha value is -2.43. The topological polar surface area (TPSA) is 46.5 Å². The van der Waals surface area contributed by atoms with E-state index in [1.807, 2.05) is 0 Å². The lowest BCUT2D eigenvalue weighted by Crippen LogP contribution is -2.06. The molecule has 2 rings (SSSR count). The van der Waals surface area contributed by atoms with E-state index < -0.39 is 23.2 Å². The average molecular weight is 264 g/mol. The molecule has 2 aromatic carbocycles. The van der Waals surface area contributed by atoms with E-state index in [9.17, 15) is 18.7 Å². The molecule has 1 N–H and O–H groups in total. The standard InChI is InChI=1S/C14H10F2O3/c1-19-14(18)10-7-6-9(12(15)13(10)16)8-4-2-3-5-11(8)17/h2-7,17H,1H3. The molecule has 0 aromatic heterocycles. The minimum absolute atomic E-state index is 0.122. The van der Waals surface area contributed by atoms with Crippen molar-refractivity contribution in [1.29, 1.82) is 0 Å². The molecule has 0 aliphatic heterocycles. The van der Waals surface area contributed by atoms with Crippen LogP contribution < -0.4 is 0 Å².